The van der Waals surface area contributed by atoms with E-state index in [1.54, 1.807) is 24.3 Å². The zero-order valence-electron chi connectivity index (χ0n) is 9.70. The molecule has 0 spiro atoms. The summed E-state index contributed by atoms with van der Waals surface area (Å²) < 4.78 is 19.9. The Hall–Kier alpha value is -1.20. The summed E-state index contributed by atoms with van der Waals surface area (Å²) in [7, 11) is 0. The second kappa shape index (κ2) is 6.30. The first-order chi connectivity index (χ1) is 9.10. The van der Waals surface area contributed by atoms with Crippen molar-refractivity contribution in [2.24, 2.45) is 0 Å². The maximum Gasteiger partial charge on any atom is 0.151 e. The molecule has 2 rings (SSSR count). The van der Waals surface area contributed by atoms with E-state index in [2.05, 4.69) is 31.9 Å². The van der Waals surface area contributed by atoms with Crippen LogP contribution in [0.1, 0.15) is 15.9 Å². The van der Waals surface area contributed by atoms with Crippen molar-refractivity contribution in [3.63, 3.8) is 0 Å². The molecule has 0 aliphatic carbocycles. The molecular weight excluding hydrogens is 379 g/mol. The molecule has 0 saturated heterocycles. The van der Waals surface area contributed by atoms with Gasteiger partial charge < -0.3 is 4.74 Å². The number of hydrogen-bond donors (Lipinski definition) is 0. The van der Waals surface area contributed by atoms with Gasteiger partial charge in [0, 0.05) is 20.1 Å². The maximum absolute atomic E-state index is 12.9. The third kappa shape index (κ3) is 3.64. The molecule has 0 saturated carbocycles. The van der Waals surface area contributed by atoms with Gasteiger partial charge in [-0.25, -0.2) is 4.39 Å². The van der Waals surface area contributed by atoms with Crippen molar-refractivity contribution in [1.29, 1.82) is 0 Å². The number of carbonyl (C=O) groups excluding carboxylic acids is 1. The van der Waals surface area contributed by atoms with E-state index in [0.717, 1.165) is 16.3 Å². The number of halogens is 3. The first-order valence-corrected chi connectivity index (χ1v) is 7.00. The monoisotopic (exact) mass is 386 g/mol. The number of hydrogen-bond acceptors (Lipinski definition) is 2. The van der Waals surface area contributed by atoms with E-state index in [4.69, 9.17) is 4.74 Å². The largest absolute Gasteiger partial charge is 0.489 e. The van der Waals surface area contributed by atoms with Crippen LogP contribution in [-0.2, 0) is 6.61 Å². The summed E-state index contributed by atoms with van der Waals surface area (Å²) in [6.45, 7) is 0.292. The molecule has 0 unspecified atom stereocenters. The standard InChI is InChI=1S/C14H9Br2FO2/c15-13-4-3-12(5-10(13)7-18)19-8-9-1-2-11(17)6-14(9)16/h1-7H,8H2. The molecule has 0 aliphatic rings. The maximum atomic E-state index is 12.9. The summed E-state index contributed by atoms with van der Waals surface area (Å²) in [5.74, 6) is 0.282. The van der Waals surface area contributed by atoms with Crippen molar-refractivity contribution >= 4 is 38.1 Å². The Morgan fingerprint density at radius 1 is 1.11 bits per heavy atom. The number of carbonyl (C=O) groups is 1. The van der Waals surface area contributed by atoms with Gasteiger partial charge in [-0.3, -0.25) is 4.79 Å². The summed E-state index contributed by atoms with van der Waals surface area (Å²) in [5, 5.41) is 0. The van der Waals surface area contributed by atoms with Crippen molar-refractivity contribution in [3.8, 4) is 5.75 Å². The average molecular weight is 388 g/mol. The van der Waals surface area contributed by atoms with Gasteiger partial charge >= 0.3 is 0 Å². The normalized spacial score (nSPS) is 10.3. The van der Waals surface area contributed by atoms with Gasteiger partial charge in [-0.15, -0.1) is 0 Å². The second-order valence-electron chi connectivity index (χ2n) is 3.83. The van der Waals surface area contributed by atoms with Crippen molar-refractivity contribution in [2.75, 3.05) is 0 Å². The molecule has 0 aromatic heterocycles. The van der Waals surface area contributed by atoms with E-state index in [-0.39, 0.29) is 5.82 Å². The minimum atomic E-state index is -0.303. The molecule has 0 aliphatic heterocycles. The first kappa shape index (κ1) is 14.2. The molecule has 2 aromatic rings. The highest BCUT2D eigenvalue weighted by Crippen LogP contribution is 2.24. The van der Waals surface area contributed by atoms with Gasteiger partial charge in [0.15, 0.2) is 6.29 Å². The Balaban J connectivity index is 2.12. The predicted molar refractivity (Wildman–Crippen MR) is 78.0 cm³/mol. The SMILES string of the molecule is O=Cc1cc(OCc2ccc(F)cc2Br)ccc1Br. The summed E-state index contributed by atoms with van der Waals surface area (Å²) in [6.07, 6.45) is 0.755. The fourth-order valence-corrected chi connectivity index (χ4v) is 2.31. The van der Waals surface area contributed by atoms with Gasteiger partial charge in [0.1, 0.15) is 18.2 Å². The van der Waals surface area contributed by atoms with Crippen LogP contribution in [0.4, 0.5) is 4.39 Å². The topological polar surface area (TPSA) is 26.3 Å². The van der Waals surface area contributed by atoms with Crippen molar-refractivity contribution in [2.45, 2.75) is 6.61 Å². The van der Waals surface area contributed by atoms with Crippen molar-refractivity contribution < 1.29 is 13.9 Å². The minimum Gasteiger partial charge on any atom is -0.489 e. The Morgan fingerprint density at radius 2 is 1.89 bits per heavy atom. The summed E-state index contributed by atoms with van der Waals surface area (Å²) in [6, 6.07) is 9.57. The molecule has 0 fully saturated rings. The van der Waals surface area contributed by atoms with Gasteiger partial charge in [-0.05, 0) is 30.3 Å². The van der Waals surface area contributed by atoms with E-state index in [9.17, 15) is 9.18 Å². The van der Waals surface area contributed by atoms with Crippen LogP contribution >= 0.6 is 31.9 Å². The lowest BCUT2D eigenvalue weighted by molar-refractivity contribution is 0.112. The third-order valence-electron chi connectivity index (χ3n) is 2.50. The molecule has 19 heavy (non-hydrogen) atoms. The van der Waals surface area contributed by atoms with Crippen LogP contribution < -0.4 is 4.74 Å². The smallest absolute Gasteiger partial charge is 0.151 e. The fraction of sp³-hybridized carbons (Fsp3) is 0.0714. The minimum absolute atomic E-state index is 0.292. The van der Waals surface area contributed by atoms with Crippen LogP contribution in [0.2, 0.25) is 0 Å². The zero-order chi connectivity index (χ0) is 13.8. The van der Waals surface area contributed by atoms with Crippen LogP contribution in [0.3, 0.4) is 0 Å². The van der Waals surface area contributed by atoms with Gasteiger partial charge in [0.25, 0.3) is 0 Å². The molecule has 0 N–H and O–H groups in total. The lowest BCUT2D eigenvalue weighted by Gasteiger charge is -2.09. The van der Waals surface area contributed by atoms with Crippen LogP contribution in [0.25, 0.3) is 0 Å². The van der Waals surface area contributed by atoms with E-state index >= 15 is 0 Å². The van der Waals surface area contributed by atoms with E-state index in [1.165, 1.54) is 12.1 Å². The number of rotatable bonds is 4. The molecule has 2 aromatic carbocycles. The molecule has 0 amide bonds. The quantitative estimate of drug-likeness (QED) is 0.708. The van der Waals surface area contributed by atoms with E-state index in [0.29, 0.717) is 22.4 Å². The Morgan fingerprint density at radius 3 is 2.58 bits per heavy atom. The molecule has 2 nitrogen and oxygen atoms in total. The molecule has 5 heteroatoms. The van der Waals surface area contributed by atoms with E-state index < -0.39 is 0 Å². The summed E-state index contributed by atoms with van der Waals surface area (Å²) in [4.78, 5) is 10.8. The molecule has 0 radical (unpaired) electrons. The highest BCUT2D eigenvalue weighted by Gasteiger charge is 2.05. The van der Waals surface area contributed by atoms with Crippen LogP contribution in [0.15, 0.2) is 45.3 Å². The summed E-state index contributed by atoms with van der Waals surface area (Å²) in [5.41, 5.74) is 1.35. The molecule has 0 heterocycles. The lowest BCUT2D eigenvalue weighted by atomic mass is 10.2. The molecule has 0 bridgehead atoms. The van der Waals surface area contributed by atoms with Crippen molar-refractivity contribution in [1.82, 2.24) is 0 Å². The van der Waals surface area contributed by atoms with Gasteiger partial charge in [-0.2, -0.15) is 0 Å². The number of aldehydes is 1. The van der Waals surface area contributed by atoms with Gasteiger partial charge in [-0.1, -0.05) is 37.9 Å². The molecule has 98 valence electrons. The first-order valence-electron chi connectivity index (χ1n) is 5.41. The fourth-order valence-electron chi connectivity index (χ4n) is 1.50. The highest BCUT2D eigenvalue weighted by atomic mass is 79.9. The third-order valence-corrected chi connectivity index (χ3v) is 3.96. The Bertz CT molecular complexity index is 614. The van der Waals surface area contributed by atoms with Crippen LogP contribution in [0, 0.1) is 5.82 Å². The second-order valence-corrected chi connectivity index (χ2v) is 5.53. The highest BCUT2D eigenvalue weighted by molar-refractivity contribution is 9.10. The average Bonchev–Trinajstić information content (AvgIpc) is 2.39. The number of ether oxygens (including phenoxy) is 1. The van der Waals surface area contributed by atoms with Gasteiger partial charge in [0.2, 0.25) is 0 Å². The van der Waals surface area contributed by atoms with Gasteiger partial charge in [0.05, 0.1) is 0 Å². The zero-order valence-corrected chi connectivity index (χ0v) is 12.9. The number of benzene rings is 2. The Labute approximate surface area is 126 Å². The van der Waals surface area contributed by atoms with E-state index in [1.807, 2.05) is 0 Å². The lowest BCUT2D eigenvalue weighted by Crippen LogP contribution is -1.97. The molecular formula is C14H9Br2FO2. The molecule has 0 atom stereocenters. The van der Waals surface area contributed by atoms with Crippen LogP contribution in [-0.4, -0.2) is 6.29 Å². The van der Waals surface area contributed by atoms with Crippen LogP contribution in [0.5, 0.6) is 5.75 Å². The Kier molecular flexibility index (Phi) is 4.71. The van der Waals surface area contributed by atoms with Crippen molar-refractivity contribution in [3.05, 3.63) is 62.3 Å². The predicted octanol–water partition coefficient (Wildman–Crippen LogP) is 4.74. The summed E-state index contributed by atoms with van der Waals surface area (Å²) >= 11 is 6.55.